The van der Waals surface area contributed by atoms with Crippen LogP contribution in [0.15, 0.2) is 66.8 Å². The van der Waals surface area contributed by atoms with Gasteiger partial charge in [-0.2, -0.15) is 0 Å². The fourth-order valence-corrected chi connectivity index (χ4v) is 2.41. The third-order valence-electron chi connectivity index (χ3n) is 3.09. The molecule has 0 heterocycles. The van der Waals surface area contributed by atoms with E-state index in [1.165, 1.54) is 20.4 Å². The lowest BCUT2D eigenvalue weighted by atomic mass is 10.2. The van der Waals surface area contributed by atoms with Crippen LogP contribution in [0.5, 0.6) is 0 Å². The Morgan fingerprint density at radius 3 is 2.24 bits per heavy atom. The van der Waals surface area contributed by atoms with Gasteiger partial charge >= 0.3 is 0 Å². The predicted octanol–water partition coefficient (Wildman–Crippen LogP) is 8.21. The quantitative estimate of drug-likeness (QED) is 0.366. The molecule has 25 heavy (non-hydrogen) atoms. The molecule has 0 amide bonds. The summed E-state index contributed by atoms with van der Waals surface area (Å²) in [4.78, 5) is 0. The van der Waals surface area contributed by atoms with Gasteiger partial charge in [0, 0.05) is 9.26 Å². The van der Waals surface area contributed by atoms with Gasteiger partial charge in [0.15, 0.2) is 0 Å². The fraction of sp³-hybridized carbons (Fsp3) is 0.304. The number of aryl methyl sites for hydroxylation is 2. The zero-order valence-corrected chi connectivity index (χ0v) is 18.6. The van der Waals surface area contributed by atoms with E-state index in [9.17, 15) is 0 Å². The van der Waals surface area contributed by atoms with Crippen molar-refractivity contribution in [2.75, 3.05) is 5.32 Å². The predicted molar refractivity (Wildman–Crippen MR) is 124 cm³/mol. The summed E-state index contributed by atoms with van der Waals surface area (Å²) >= 11 is 2.35. The Labute approximate surface area is 168 Å². The Kier molecular flexibility index (Phi) is 13.8. The van der Waals surface area contributed by atoms with Crippen molar-refractivity contribution in [2.45, 2.75) is 48.0 Å². The molecule has 0 aliphatic heterocycles. The molecule has 136 valence electrons. The minimum atomic E-state index is 1.13. The molecule has 0 aromatic heterocycles. The average molecular weight is 449 g/mol. The second kappa shape index (κ2) is 14.8. The van der Waals surface area contributed by atoms with Crippen molar-refractivity contribution in [3.05, 3.63) is 81.5 Å². The van der Waals surface area contributed by atoms with Crippen molar-refractivity contribution in [2.24, 2.45) is 0 Å². The van der Waals surface area contributed by atoms with Crippen molar-refractivity contribution >= 4 is 34.0 Å². The lowest BCUT2D eigenvalue weighted by Crippen LogP contribution is -1.93. The van der Waals surface area contributed by atoms with Gasteiger partial charge in [-0.05, 0) is 85.2 Å². The highest BCUT2D eigenvalue weighted by molar-refractivity contribution is 14.1. The van der Waals surface area contributed by atoms with Crippen molar-refractivity contribution in [3.63, 3.8) is 0 Å². The number of hydrogen-bond acceptors (Lipinski definition) is 1. The molecule has 0 saturated carbocycles. The molecule has 0 spiro atoms. The summed E-state index contributed by atoms with van der Waals surface area (Å²) in [6.45, 7) is 12.4. The lowest BCUT2D eigenvalue weighted by Gasteiger charge is -2.10. The minimum Gasteiger partial charge on any atom is -0.355 e. The van der Waals surface area contributed by atoms with Gasteiger partial charge < -0.3 is 5.32 Å². The summed E-state index contributed by atoms with van der Waals surface area (Å²) in [6, 6.07) is 14.8. The molecule has 1 N–H and O–H groups in total. The smallest absolute Gasteiger partial charge is 0.0522 e. The largest absolute Gasteiger partial charge is 0.355 e. The maximum Gasteiger partial charge on any atom is 0.0522 e. The molecule has 0 bridgehead atoms. The summed E-state index contributed by atoms with van der Waals surface area (Å²) in [6.07, 6.45) is 9.36. The van der Waals surface area contributed by atoms with Gasteiger partial charge in [-0.3, -0.25) is 0 Å². The maximum atomic E-state index is 3.45. The molecule has 0 saturated heterocycles. The Morgan fingerprint density at radius 1 is 0.960 bits per heavy atom. The zero-order chi connectivity index (χ0) is 19.1. The molecule has 2 heteroatoms. The number of halogens is 1. The third kappa shape index (κ3) is 10.8. The minimum absolute atomic E-state index is 1.13. The van der Waals surface area contributed by atoms with Crippen LogP contribution in [-0.4, -0.2) is 0 Å². The van der Waals surface area contributed by atoms with E-state index in [0.29, 0.717) is 0 Å². The van der Waals surface area contributed by atoms with Crippen molar-refractivity contribution < 1.29 is 0 Å². The number of hydrogen-bond donors (Lipinski definition) is 1. The van der Waals surface area contributed by atoms with Crippen LogP contribution in [0.4, 0.5) is 11.4 Å². The van der Waals surface area contributed by atoms with E-state index in [2.05, 4.69) is 103 Å². The van der Waals surface area contributed by atoms with Gasteiger partial charge in [0.1, 0.15) is 0 Å². The van der Waals surface area contributed by atoms with Crippen molar-refractivity contribution in [3.8, 4) is 0 Å². The maximum absolute atomic E-state index is 3.45. The normalized spacial score (nSPS) is 10.0. The number of anilines is 2. The zero-order valence-electron chi connectivity index (χ0n) is 16.4. The molecular formula is C23H32IN. The second-order valence-electron chi connectivity index (χ2n) is 5.34. The second-order valence-corrected chi connectivity index (χ2v) is 6.50. The number of nitrogens with one attached hydrogen (secondary N) is 1. The lowest BCUT2D eigenvalue weighted by molar-refractivity contribution is 1.22. The molecule has 0 radical (unpaired) electrons. The number of rotatable bonds is 4. The van der Waals surface area contributed by atoms with Crippen molar-refractivity contribution in [1.29, 1.82) is 0 Å². The summed E-state index contributed by atoms with van der Waals surface area (Å²) in [7, 11) is 0. The van der Waals surface area contributed by atoms with Crippen LogP contribution in [0.25, 0.3) is 0 Å². The number of benzene rings is 2. The summed E-state index contributed by atoms with van der Waals surface area (Å²) in [5.41, 5.74) is 4.86. The third-order valence-corrected chi connectivity index (χ3v) is 4.03. The van der Waals surface area contributed by atoms with E-state index in [0.717, 1.165) is 12.1 Å². The summed E-state index contributed by atoms with van der Waals surface area (Å²) in [5.74, 6) is 0. The highest BCUT2D eigenvalue weighted by atomic mass is 127. The topological polar surface area (TPSA) is 12.0 Å². The van der Waals surface area contributed by atoms with E-state index in [-0.39, 0.29) is 0 Å². The molecule has 2 rings (SSSR count). The Hall–Kier alpha value is -1.55. The van der Waals surface area contributed by atoms with Crippen LogP contribution in [0, 0.1) is 17.4 Å². The van der Waals surface area contributed by atoms with Gasteiger partial charge in [-0.1, -0.05) is 63.3 Å². The highest BCUT2D eigenvalue weighted by Gasteiger charge is 2.00. The average Bonchev–Trinajstić information content (AvgIpc) is 2.61. The standard InChI is InChI=1S/C14H14IN.C7H12.C2H6/c1-10-4-3-5-12(8-10)16-14-9-11(2)6-7-13(14)15;1-3-5-7-6-4-2;1-2/h3-9,16H,1-2H3;3,5-7H,4H2,1-2H3;1-2H3/b;5-3-,7-6-;. The Bertz CT molecular complexity index is 657. The van der Waals surface area contributed by atoms with Gasteiger partial charge in [0.2, 0.25) is 0 Å². The van der Waals surface area contributed by atoms with E-state index < -0.39 is 0 Å². The molecule has 1 nitrogen and oxygen atoms in total. The molecular weight excluding hydrogens is 417 g/mol. The summed E-state index contributed by atoms with van der Waals surface area (Å²) in [5, 5.41) is 3.45. The molecule has 0 unspecified atom stereocenters. The van der Waals surface area contributed by atoms with E-state index in [1.807, 2.05) is 32.9 Å². The summed E-state index contributed by atoms with van der Waals surface area (Å²) < 4.78 is 1.24. The first kappa shape index (κ1) is 23.4. The molecule has 0 aliphatic carbocycles. The van der Waals surface area contributed by atoms with Crippen molar-refractivity contribution in [1.82, 2.24) is 0 Å². The van der Waals surface area contributed by atoms with Crippen LogP contribution in [0.3, 0.4) is 0 Å². The molecule has 0 fully saturated rings. The fourth-order valence-electron chi connectivity index (χ4n) is 1.94. The SMILES string of the molecule is C/C=C\C=C/CC.CC.Cc1cccc(Nc2cc(C)ccc2I)c1. The molecule has 0 aliphatic rings. The van der Waals surface area contributed by atoms with E-state index in [1.54, 1.807) is 0 Å². The van der Waals surface area contributed by atoms with Crippen LogP contribution in [0.2, 0.25) is 0 Å². The van der Waals surface area contributed by atoms with Crippen LogP contribution in [-0.2, 0) is 0 Å². The monoisotopic (exact) mass is 449 g/mol. The number of allylic oxidation sites excluding steroid dienone is 4. The van der Waals surface area contributed by atoms with Crippen LogP contribution in [0.1, 0.15) is 45.2 Å². The Balaban J connectivity index is 0.000000544. The first-order valence-corrected chi connectivity index (χ1v) is 10.0. The molecule has 2 aromatic carbocycles. The first-order chi connectivity index (χ1) is 12.1. The molecule has 0 atom stereocenters. The van der Waals surface area contributed by atoms with E-state index in [4.69, 9.17) is 0 Å². The first-order valence-electron chi connectivity index (χ1n) is 8.94. The molecule has 2 aromatic rings. The van der Waals surface area contributed by atoms with Crippen LogP contribution >= 0.6 is 22.6 Å². The highest BCUT2D eigenvalue weighted by Crippen LogP contribution is 2.24. The van der Waals surface area contributed by atoms with Crippen LogP contribution < -0.4 is 5.32 Å². The van der Waals surface area contributed by atoms with E-state index >= 15 is 0 Å². The Morgan fingerprint density at radius 2 is 1.64 bits per heavy atom. The van der Waals surface area contributed by atoms with Gasteiger partial charge in [0.25, 0.3) is 0 Å². The van der Waals surface area contributed by atoms with Gasteiger partial charge in [0.05, 0.1) is 5.69 Å². The van der Waals surface area contributed by atoms with Gasteiger partial charge in [-0.25, -0.2) is 0 Å². The van der Waals surface area contributed by atoms with Gasteiger partial charge in [-0.15, -0.1) is 0 Å².